The minimum atomic E-state index is -1.11. The van der Waals surface area contributed by atoms with Crippen LogP contribution in [0.4, 0.5) is 0 Å². The lowest BCUT2D eigenvalue weighted by Crippen LogP contribution is -2.32. The second-order valence-electron chi connectivity index (χ2n) is 7.25. The molecule has 148 valence electrons. The molecule has 0 fully saturated rings. The van der Waals surface area contributed by atoms with Gasteiger partial charge in [0.25, 0.3) is 0 Å². The van der Waals surface area contributed by atoms with Crippen LogP contribution in [-0.4, -0.2) is 53.4 Å². The number of hydrogen-bond acceptors (Lipinski definition) is 7. The number of Topliss-reactive ketones (excluding diaryl/α,β-unsaturated/α-hetero) is 1. The number of aliphatic hydroxyl groups excluding tert-OH is 2. The number of carbonyl (C=O) groups is 2. The minimum absolute atomic E-state index is 0.0343. The Balaban J connectivity index is 2.02. The largest absolute Gasteiger partial charge is 0.492 e. The maximum Gasteiger partial charge on any atom is 0.492 e. The summed E-state index contributed by atoms with van der Waals surface area (Å²) in [4.78, 5) is 24.9. The summed E-state index contributed by atoms with van der Waals surface area (Å²) in [7, 11) is -1.01. The fraction of sp³-hybridized carbons (Fsp3) is 0.579. The van der Waals surface area contributed by atoms with E-state index in [1.165, 1.54) is 0 Å². The molecule has 3 N–H and O–H groups in total. The average molecular weight is 378 g/mol. The van der Waals surface area contributed by atoms with Crippen molar-refractivity contribution < 1.29 is 34.2 Å². The van der Waals surface area contributed by atoms with Crippen LogP contribution in [0.1, 0.15) is 48.2 Å². The molecule has 1 aromatic carbocycles. The quantitative estimate of drug-likeness (QED) is 0.323. The molecule has 0 saturated heterocycles. The first-order valence-corrected chi connectivity index (χ1v) is 9.17. The van der Waals surface area contributed by atoms with E-state index in [0.29, 0.717) is 29.6 Å². The van der Waals surface area contributed by atoms with Gasteiger partial charge in [0.2, 0.25) is 0 Å². The molecular weight excluding hydrogens is 351 g/mol. The highest BCUT2D eigenvalue weighted by Gasteiger charge is 2.31. The van der Waals surface area contributed by atoms with Gasteiger partial charge in [-0.25, -0.2) is 0 Å². The van der Waals surface area contributed by atoms with Crippen LogP contribution < -0.4 is 5.46 Å². The molecule has 2 atom stereocenters. The van der Waals surface area contributed by atoms with E-state index in [9.17, 15) is 19.7 Å². The molecule has 27 heavy (non-hydrogen) atoms. The summed E-state index contributed by atoms with van der Waals surface area (Å²) in [6.07, 6.45) is -0.622. The molecule has 0 amide bonds. The molecule has 0 bridgehead atoms. The molecule has 1 aliphatic rings. The van der Waals surface area contributed by atoms with Gasteiger partial charge in [0, 0.05) is 12.0 Å². The first-order valence-electron chi connectivity index (χ1n) is 9.17. The van der Waals surface area contributed by atoms with Crippen LogP contribution in [0.5, 0.6) is 0 Å². The molecule has 0 unspecified atom stereocenters. The van der Waals surface area contributed by atoms with Gasteiger partial charge in [-0.1, -0.05) is 26.0 Å². The zero-order valence-electron chi connectivity index (χ0n) is 16.0. The van der Waals surface area contributed by atoms with E-state index >= 15 is 0 Å². The minimum Gasteiger partial charge on any atom is -0.463 e. The maximum atomic E-state index is 12.7. The molecule has 0 saturated carbocycles. The van der Waals surface area contributed by atoms with Crippen LogP contribution in [-0.2, 0) is 20.8 Å². The second-order valence-corrected chi connectivity index (χ2v) is 7.25. The van der Waals surface area contributed by atoms with Crippen molar-refractivity contribution >= 4 is 24.3 Å². The monoisotopic (exact) mass is 378 g/mol. The Bertz CT molecular complexity index is 689. The van der Waals surface area contributed by atoms with E-state index in [1.54, 1.807) is 19.1 Å². The highest BCUT2D eigenvalue weighted by Crippen LogP contribution is 2.23. The Morgan fingerprint density at radius 2 is 2.04 bits per heavy atom. The van der Waals surface area contributed by atoms with Crippen LogP contribution >= 0.6 is 0 Å². The Morgan fingerprint density at radius 3 is 2.67 bits per heavy atom. The molecule has 0 spiro atoms. The molecule has 0 aromatic heterocycles. The van der Waals surface area contributed by atoms with Gasteiger partial charge in [0.05, 0.1) is 19.1 Å². The van der Waals surface area contributed by atoms with Crippen molar-refractivity contribution in [3.8, 4) is 0 Å². The lowest BCUT2D eigenvalue weighted by Gasteiger charge is -2.20. The predicted octanol–water partition coefficient (Wildman–Crippen LogP) is 0.344. The van der Waals surface area contributed by atoms with E-state index < -0.39 is 31.7 Å². The molecule has 0 radical (unpaired) electrons. The third-order valence-electron chi connectivity index (χ3n) is 4.97. The molecule has 0 aliphatic carbocycles. The Morgan fingerprint density at radius 1 is 1.33 bits per heavy atom. The summed E-state index contributed by atoms with van der Waals surface area (Å²) in [5, 5.41) is 28.0. The van der Waals surface area contributed by atoms with E-state index in [1.807, 2.05) is 13.8 Å². The van der Waals surface area contributed by atoms with Crippen molar-refractivity contribution in [3.05, 3.63) is 28.8 Å². The summed E-state index contributed by atoms with van der Waals surface area (Å²) in [6, 6.07) is 3.52. The number of aliphatic hydroxyl groups is 2. The first-order chi connectivity index (χ1) is 12.8. The summed E-state index contributed by atoms with van der Waals surface area (Å²) < 4.78 is 10.2. The van der Waals surface area contributed by atoms with Crippen LogP contribution in [0.3, 0.4) is 0 Å². The normalized spacial score (nSPS) is 15.6. The predicted molar refractivity (Wildman–Crippen MR) is 99.5 cm³/mol. The molecule has 1 aromatic rings. The summed E-state index contributed by atoms with van der Waals surface area (Å²) >= 11 is 0. The molecule has 1 aliphatic heterocycles. The first kappa shape index (κ1) is 21.6. The Kier molecular flexibility index (Phi) is 7.55. The van der Waals surface area contributed by atoms with Crippen molar-refractivity contribution in [2.24, 2.45) is 11.8 Å². The van der Waals surface area contributed by atoms with Gasteiger partial charge in [0.1, 0.15) is 12.7 Å². The third-order valence-corrected chi connectivity index (χ3v) is 4.97. The van der Waals surface area contributed by atoms with Gasteiger partial charge in [-0.2, -0.15) is 0 Å². The molecule has 2 rings (SSSR count). The van der Waals surface area contributed by atoms with Crippen molar-refractivity contribution in [3.63, 3.8) is 0 Å². The number of benzene rings is 1. The van der Waals surface area contributed by atoms with Crippen LogP contribution in [0.15, 0.2) is 12.1 Å². The highest BCUT2D eigenvalue weighted by atomic mass is 16.5. The third kappa shape index (κ3) is 5.16. The number of esters is 1. The topological polar surface area (TPSA) is 113 Å². The number of ketones is 1. The van der Waals surface area contributed by atoms with E-state index in [4.69, 9.17) is 14.5 Å². The second kappa shape index (κ2) is 9.46. The van der Waals surface area contributed by atoms with Gasteiger partial charge < -0.3 is 24.6 Å². The van der Waals surface area contributed by atoms with Gasteiger partial charge >= 0.3 is 13.1 Å². The fourth-order valence-corrected chi connectivity index (χ4v) is 3.29. The summed E-state index contributed by atoms with van der Waals surface area (Å²) in [5.74, 6) is -1.11. The van der Waals surface area contributed by atoms with Gasteiger partial charge in [-0.05, 0) is 35.9 Å². The fourth-order valence-electron chi connectivity index (χ4n) is 3.29. The molecule has 7 nitrogen and oxygen atoms in total. The van der Waals surface area contributed by atoms with Gasteiger partial charge in [-0.15, -0.1) is 0 Å². The molecule has 8 heteroatoms. The highest BCUT2D eigenvalue weighted by molar-refractivity contribution is 6.62. The van der Waals surface area contributed by atoms with E-state index in [0.717, 1.165) is 5.56 Å². The van der Waals surface area contributed by atoms with Crippen LogP contribution in [0.2, 0.25) is 0 Å². The number of ether oxygens (including phenoxy) is 1. The van der Waals surface area contributed by atoms with E-state index in [-0.39, 0.29) is 24.7 Å². The average Bonchev–Trinajstić information content (AvgIpc) is 3.01. The lowest BCUT2D eigenvalue weighted by atomic mass is 9.74. The summed E-state index contributed by atoms with van der Waals surface area (Å²) in [5.41, 5.74) is 2.75. The zero-order valence-corrected chi connectivity index (χ0v) is 16.0. The Labute approximate surface area is 159 Å². The number of rotatable bonds is 9. The number of fused-ring (bicyclic) bond motifs is 1. The smallest absolute Gasteiger partial charge is 0.463 e. The van der Waals surface area contributed by atoms with Gasteiger partial charge in [-0.3, -0.25) is 9.59 Å². The Hall–Kier alpha value is -1.74. The molecule has 1 heterocycles. The van der Waals surface area contributed by atoms with Crippen molar-refractivity contribution in [1.29, 1.82) is 0 Å². The standard InChI is InChI=1S/C19H27BO7/c1-11(2)15(19(24)26-10-14(22)8-21)6-7-17(23)16-5-4-13-9-27-20(25)18(13)12(16)3/h4-5,11,14-15,21-22,25H,6-10H2,1-3H3/t14-,15-/m0/s1. The van der Waals surface area contributed by atoms with E-state index in [2.05, 4.69) is 0 Å². The van der Waals surface area contributed by atoms with Crippen molar-refractivity contribution in [1.82, 2.24) is 0 Å². The zero-order chi connectivity index (χ0) is 20.1. The van der Waals surface area contributed by atoms with Crippen molar-refractivity contribution in [2.75, 3.05) is 13.2 Å². The lowest BCUT2D eigenvalue weighted by molar-refractivity contribution is -0.154. The SMILES string of the molecule is Cc1c(C(=O)CC[C@H](C(=O)OC[C@@H](O)CO)C(C)C)ccc2c1B(O)OC2. The summed E-state index contributed by atoms with van der Waals surface area (Å²) in [6.45, 7) is 5.10. The number of carbonyl (C=O) groups excluding carboxylic acids is 2. The molecular formula is C19H27BO7. The van der Waals surface area contributed by atoms with Crippen molar-refractivity contribution in [2.45, 2.75) is 46.3 Å². The van der Waals surface area contributed by atoms with Gasteiger partial charge in [0.15, 0.2) is 5.78 Å². The van der Waals surface area contributed by atoms with Crippen LogP contribution in [0, 0.1) is 18.8 Å². The maximum absolute atomic E-state index is 12.7. The number of hydrogen-bond donors (Lipinski definition) is 3. The van der Waals surface area contributed by atoms with Crippen LogP contribution in [0.25, 0.3) is 0 Å².